The number of benzene rings is 2. The number of hydrogen-bond acceptors (Lipinski definition) is 4. The molecular formula is C20H18ClN3O2. The van der Waals surface area contributed by atoms with E-state index in [1.54, 1.807) is 6.07 Å². The number of β-amino-alcohol motifs (C(OH)–C–C–N with tert-alkyl or cyclic N) is 1. The van der Waals surface area contributed by atoms with Crippen molar-refractivity contribution in [1.82, 2.24) is 14.9 Å². The van der Waals surface area contributed by atoms with E-state index >= 15 is 0 Å². The summed E-state index contributed by atoms with van der Waals surface area (Å²) in [4.78, 5) is 21.6. The minimum absolute atomic E-state index is 0.198. The quantitative estimate of drug-likeness (QED) is 0.744. The Labute approximate surface area is 155 Å². The third-order valence-electron chi connectivity index (χ3n) is 4.46. The predicted octanol–water partition coefficient (Wildman–Crippen LogP) is 2.93. The molecule has 0 unspecified atom stereocenters. The van der Waals surface area contributed by atoms with Crippen molar-refractivity contribution in [3.63, 3.8) is 0 Å². The van der Waals surface area contributed by atoms with Gasteiger partial charge in [-0.2, -0.15) is 0 Å². The number of aromatic amines is 1. The maximum Gasteiger partial charge on any atom is 0.251 e. The van der Waals surface area contributed by atoms with Crippen LogP contribution in [0.1, 0.15) is 5.56 Å². The summed E-state index contributed by atoms with van der Waals surface area (Å²) in [6.07, 6.45) is -0.198. The molecule has 0 spiro atoms. The van der Waals surface area contributed by atoms with Gasteiger partial charge in [0.15, 0.2) is 0 Å². The van der Waals surface area contributed by atoms with E-state index in [0.29, 0.717) is 16.5 Å². The summed E-state index contributed by atoms with van der Waals surface area (Å²) < 4.78 is 0. The van der Waals surface area contributed by atoms with Crippen molar-refractivity contribution in [1.29, 1.82) is 0 Å². The van der Waals surface area contributed by atoms with E-state index in [1.807, 2.05) is 42.5 Å². The molecule has 3 aromatic rings. The van der Waals surface area contributed by atoms with Crippen LogP contribution < -0.4 is 5.56 Å². The number of likely N-dealkylation sites (tertiary alicyclic amines) is 1. The van der Waals surface area contributed by atoms with Gasteiger partial charge in [0, 0.05) is 41.9 Å². The van der Waals surface area contributed by atoms with Gasteiger partial charge in [-0.25, -0.2) is 4.98 Å². The lowest BCUT2D eigenvalue weighted by Crippen LogP contribution is -2.49. The molecule has 1 fully saturated rings. The highest BCUT2D eigenvalue weighted by Crippen LogP contribution is 2.26. The molecule has 0 saturated carbocycles. The summed E-state index contributed by atoms with van der Waals surface area (Å²) in [5.41, 5.74) is 3.06. The summed E-state index contributed by atoms with van der Waals surface area (Å²) in [6.45, 7) is 2.24. The molecule has 5 nitrogen and oxygen atoms in total. The number of halogens is 1. The second kappa shape index (κ2) is 7.03. The smallest absolute Gasteiger partial charge is 0.251 e. The Bertz CT molecular complexity index is 979. The normalized spacial score (nSPS) is 15.0. The van der Waals surface area contributed by atoms with Crippen molar-refractivity contribution in [3.05, 3.63) is 75.5 Å². The van der Waals surface area contributed by atoms with E-state index in [4.69, 9.17) is 11.6 Å². The molecule has 26 heavy (non-hydrogen) atoms. The Morgan fingerprint density at radius 1 is 1.15 bits per heavy atom. The largest absolute Gasteiger partial charge is 0.390 e. The van der Waals surface area contributed by atoms with Crippen LogP contribution in [0.5, 0.6) is 0 Å². The maximum absolute atomic E-state index is 12.1. The number of aliphatic hydroxyl groups excluding tert-OH is 1. The van der Waals surface area contributed by atoms with Gasteiger partial charge >= 0.3 is 0 Å². The van der Waals surface area contributed by atoms with E-state index in [2.05, 4.69) is 14.9 Å². The molecule has 2 aromatic carbocycles. The van der Waals surface area contributed by atoms with Gasteiger partial charge in [0.2, 0.25) is 0 Å². The molecule has 0 bridgehead atoms. The SMILES string of the molecule is O=c1cc(-c2ccccc2Cl)nc(-c2ccc(CN3CC(O)C3)cc2)[nH]1. The Kier molecular flexibility index (Phi) is 4.59. The molecule has 0 amide bonds. The predicted molar refractivity (Wildman–Crippen MR) is 102 cm³/mol. The van der Waals surface area contributed by atoms with Crippen LogP contribution in [0, 0.1) is 0 Å². The van der Waals surface area contributed by atoms with Gasteiger partial charge in [-0.1, -0.05) is 54.1 Å². The highest BCUT2D eigenvalue weighted by Gasteiger charge is 2.23. The van der Waals surface area contributed by atoms with Gasteiger partial charge in [0.1, 0.15) is 5.82 Å². The van der Waals surface area contributed by atoms with Crippen molar-refractivity contribution in [2.75, 3.05) is 13.1 Å². The lowest BCUT2D eigenvalue weighted by Gasteiger charge is -2.35. The molecular weight excluding hydrogens is 350 g/mol. The maximum atomic E-state index is 12.1. The molecule has 1 saturated heterocycles. The van der Waals surface area contributed by atoms with Crippen LogP contribution in [0.25, 0.3) is 22.6 Å². The zero-order chi connectivity index (χ0) is 18.1. The molecule has 1 aliphatic heterocycles. The zero-order valence-corrected chi connectivity index (χ0v) is 14.8. The number of H-pyrrole nitrogens is 1. The van der Waals surface area contributed by atoms with Crippen LogP contribution >= 0.6 is 11.6 Å². The van der Waals surface area contributed by atoms with Crippen molar-refractivity contribution >= 4 is 11.6 Å². The Hall–Kier alpha value is -2.47. The summed E-state index contributed by atoms with van der Waals surface area (Å²) in [5.74, 6) is 0.512. The second-order valence-electron chi connectivity index (χ2n) is 6.50. The van der Waals surface area contributed by atoms with Gasteiger partial charge < -0.3 is 10.1 Å². The third-order valence-corrected chi connectivity index (χ3v) is 4.79. The fourth-order valence-corrected chi connectivity index (χ4v) is 3.33. The fraction of sp³-hybridized carbons (Fsp3) is 0.200. The molecule has 0 radical (unpaired) electrons. The Balaban J connectivity index is 1.61. The van der Waals surface area contributed by atoms with E-state index in [-0.39, 0.29) is 11.7 Å². The Morgan fingerprint density at radius 3 is 2.58 bits per heavy atom. The first kappa shape index (κ1) is 17.0. The van der Waals surface area contributed by atoms with Gasteiger partial charge in [-0.15, -0.1) is 0 Å². The molecule has 0 atom stereocenters. The minimum Gasteiger partial charge on any atom is -0.390 e. The van der Waals surface area contributed by atoms with Gasteiger partial charge in [-0.05, 0) is 11.6 Å². The van der Waals surface area contributed by atoms with Crippen LogP contribution in [-0.4, -0.2) is 39.2 Å². The third kappa shape index (κ3) is 3.55. The van der Waals surface area contributed by atoms with Crippen molar-refractivity contribution in [2.45, 2.75) is 12.6 Å². The van der Waals surface area contributed by atoms with Crippen molar-refractivity contribution in [2.24, 2.45) is 0 Å². The highest BCUT2D eigenvalue weighted by atomic mass is 35.5. The van der Waals surface area contributed by atoms with E-state index in [1.165, 1.54) is 6.07 Å². The molecule has 1 aromatic heterocycles. The number of aliphatic hydroxyl groups is 1. The van der Waals surface area contributed by atoms with Gasteiger partial charge in [-0.3, -0.25) is 9.69 Å². The van der Waals surface area contributed by atoms with Crippen LogP contribution in [0.4, 0.5) is 0 Å². The molecule has 2 heterocycles. The lowest BCUT2D eigenvalue weighted by molar-refractivity contribution is -0.00286. The van der Waals surface area contributed by atoms with Crippen LogP contribution in [0.3, 0.4) is 0 Å². The van der Waals surface area contributed by atoms with E-state index in [9.17, 15) is 9.90 Å². The average Bonchev–Trinajstić information content (AvgIpc) is 2.61. The topological polar surface area (TPSA) is 69.2 Å². The number of nitrogens with zero attached hydrogens (tertiary/aromatic N) is 2. The molecule has 6 heteroatoms. The minimum atomic E-state index is -0.219. The summed E-state index contributed by atoms with van der Waals surface area (Å²) in [5, 5.41) is 9.92. The van der Waals surface area contributed by atoms with E-state index in [0.717, 1.165) is 36.3 Å². The monoisotopic (exact) mass is 367 g/mol. The summed E-state index contributed by atoms with van der Waals surface area (Å²) >= 11 is 6.23. The zero-order valence-electron chi connectivity index (χ0n) is 14.0. The molecule has 132 valence electrons. The van der Waals surface area contributed by atoms with Crippen molar-refractivity contribution in [3.8, 4) is 22.6 Å². The average molecular weight is 368 g/mol. The molecule has 2 N–H and O–H groups in total. The van der Waals surface area contributed by atoms with E-state index < -0.39 is 0 Å². The molecule has 0 aliphatic carbocycles. The number of nitrogens with one attached hydrogen (secondary N) is 1. The first-order valence-corrected chi connectivity index (χ1v) is 8.82. The van der Waals surface area contributed by atoms with Crippen LogP contribution in [0.15, 0.2) is 59.4 Å². The van der Waals surface area contributed by atoms with Crippen molar-refractivity contribution < 1.29 is 5.11 Å². The highest BCUT2D eigenvalue weighted by molar-refractivity contribution is 6.33. The number of hydrogen-bond donors (Lipinski definition) is 2. The van der Waals surface area contributed by atoms with Gasteiger partial charge in [0.05, 0.1) is 11.8 Å². The first-order chi connectivity index (χ1) is 12.6. The second-order valence-corrected chi connectivity index (χ2v) is 6.91. The standard InChI is InChI=1S/C20H18ClN3O2/c21-17-4-2-1-3-16(17)18-9-19(26)23-20(22-18)14-7-5-13(6-8-14)10-24-11-15(25)12-24/h1-9,15,25H,10-12H2,(H,22,23,26). The first-order valence-electron chi connectivity index (χ1n) is 8.44. The van der Waals surface area contributed by atoms with Gasteiger partial charge in [0.25, 0.3) is 5.56 Å². The summed E-state index contributed by atoms with van der Waals surface area (Å²) in [6, 6.07) is 16.7. The fourth-order valence-electron chi connectivity index (χ4n) is 3.10. The number of rotatable bonds is 4. The lowest BCUT2D eigenvalue weighted by atomic mass is 10.1. The Morgan fingerprint density at radius 2 is 1.88 bits per heavy atom. The molecule has 1 aliphatic rings. The van der Waals surface area contributed by atoms with Crippen LogP contribution in [-0.2, 0) is 6.54 Å². The summed E-state index contributed by atoms with van der Waals surface area (Å²) in [7, 11) is 0. The van der Waals surface area contributed by atoms with Crippen LogP contribution in [0.2, 0.25) is 5.02 Å². The number of aromatic nitrogens is 2. The molecule has 4 rings (SSSR count).